The van der Waals surface area contributed by atoms with Gasteiger partial charge in [0.1, 0.15) is 5.75 Å². The van der Waals surface area contributed by atoms with Gasteiger partial charge in [-0.15, -0.1) is 11.3 Å². The van der Waals surface area contributed by atoms with Crippen molar-refractivity contribution in [2.45, 2.75) is 4.34 Å². The second-order valence-electron chi connectivity index (χ2n) is 4.82. The zero-order valence-electron chi connectivity index (χ0n) is 12.2. The van der Waals surface area contributed by atoms with E-state index in [0.29, 0.717) is 10.2 Å². The fourth-order valence-electron chi connectivity index (χ4n) is 1.95. The molecule has 2 N–H and O–H groups in total. The molecule has 0 fully saturated rings. The monoisotopic (exact) mass is 360 g/mol. The van der Waals surface area contributed by atoms with Crippen molar-refractivity contribution < 1.29 is 17.9 Å². The van der Waals surface area contributed by atoms with Gasteiger partial charge in [0, 0.05) is 12.1 Å². The molecule has 0 atom stereocenters. The van der Waals surface area contributed by atoms with Crippen LogP contribution in [-0.2, 0) is 14.8 Å². The number of nitrogens with zero attached hydrogens (tertiary/aromatic N) is 1. The Hall–Kier alpha value is -2.55. The molecular weight excluding hydrogens is 348 g/mol. The average molecular weight is 360 g/mol. The molecule has 6 nitrogen and oxygen atoms in total. The summed E-state index contributed by atoms with van der Waals surface area (Å²) in [5, 5.41) is 5.06. The van der Waals surface area contributed by atoms with Gasteiger partial charge < -0.3 is 4.74 Å². The van der Waals surface area contributed by atoms with Gasteiger partial charge in [-0.05, 0) is 23.8 Å². The number of hydrogen-bond donors (Lipinski definition) is 1. The van der Waals surface area contributed by atoms with Crippen LogP contribution < -0.4 is 9.88 Å². The van der Waals surface area contributed by atoms with Crippen molar-refractivity contribution in [1.82, 2.24) is 4.98 Å². The molecule has 0 aliphatic heterocycles. The van der Waals surface area contributed by atoms with E-state index in [1.54, 1.807) is 18.2 Å². The van der Waals surface area contributed by atoms with Gasteiger partial charge in [-0.1, -0.05) is 30.3 Å². The number of esters is 1. The number of ether oxygens (including phenoxy) is 1. The minimum Gasteiger partial charge on any atom is -0.423 e. The largest absolute Gasteiger partial charge is 0.423 e. The summed E-state index contributed by atoms with van der Waals surface area (Å²) in [6, 6.07) is 14.0. The molecule has 0 amide bonds. The number of thiazole rings is 1. The Morgan fingerprint density at radius 3 is 2.62 bits per heavy atom. The van der Waals surface area contributed by atoms with Crippen molar-refractivity contribution in [2.24, 2.45) is 5.14 Å². The van der Waals surface area contributed by atoms with Crippen LogP contribution in [0.2, 0.25) is 0 Å². The predicted octanol–water partition coefficient (Wildman–Crippen LogP) is 2.56. The SMILES string of the molecule is NS(=O)(=O)c1nc2cc(OC(=O)/C=C/c3ccccc3)ccc2s1. The number of rotatable bonds is 4. The number of hydrogen-bond acceptors (Lipinski definition) is 6. The molecule has 122 valence electrons. The Kier molecular flexibility index (Phi) is 4.43. The Labute approximate surface area is 142 Å². The molecule has 0 aliphatic rings. The number of aromatic nitrogens is 1. The second kappa shape index (κ2) is 6.52. The molecule has 0 radical (unpaired) electrons. The molecule has 3 aromatic rings. The van der Waals surface area contributed by atoms with Crippen molar-refractivity contribution in [2.75, 3.05) is 0 Å². The first-order valence-electron chi connectivity index (χ1n) is 6.80. The van der Waals surface area contributed by atoms with E-state index in [9.17, 15) is 13.2 Å². The van der Waals surface area contributed by atoms with Crippen LogP contribution in [0.1, 0.15) is 5.56 Å². The van der Waals surface area contributed by atoms with Crippen LogP contribution in [0.15, 0.2) is 58.9 Å². The third kappa shape index (κ3) is 3.85. The van der Waals surface area contributed by atoms with E-state index in [2.05, 4.69) is 4.98 Å². The van der Waals surface area contributed by atoms with Crippen LogP contribution in [-0.4, -0.2) is 19.4 Å². The molecule has 0 unspecified atom stereocenters. The van der Waals surface area contributed by atoms with Gasteiger partial charge in [-0.3, -0.25) is 0 Å². The number of fused-ring (bicyclic) bond motifs is 1. The van der Waals surface area contributed by atoms with Gasteiger partial charge >= 0.3 is 5.97 Å². The number of primary sulfonamides is 1. The molecule has 3 rings (SSSR count). The second-order valence-corrected chi connectivity index (χ2v) is 7.59. The van der Waals surface area contributed by atoms with Gasteiger partial charge in [0.25, 0.3) is 10.0 Å². The van der Waals surface area contributed by atoms with E-state index in [4.69, 9.17) is 9.88 Å². The lowest BCUT2D eigenvalue weighted by atomic mass is 10.2. The maximum absolute atomic E-state index is 11.8. The summed E-state index contributed by atoms with van der Waals surface area (Å²) in [5.41, 5.74) is 1.28. The molecule has 0 bridgehead atoms. The molecule has 8 heteroatoms. The van der Waals surface area contributed by atoms with Crippen LogP contribution in [0.25, 0.3) is 16.3 Å². The summed E-state index contributed by atoms with van der Waals surface area (Å²) in [6.45, 7) is 0. The van der Waals surface area contributed by atoms with Crippen molar-refractivity contribution in [3.05, 3.63) is 60.2 Å². The highest BCUT2D eigenvalue weighted by molar-refractivity contribution is 7.91. The molecule has 0 saturated heterocycles. The lowest BCUT2D eigenvalue weighted by Crippen LogP contribution is -2.11. The van der Waals surface area contributed by atoms with Gasteiger partial charge in [0.2, 0.25) is 4.34 Å². The molecule has 24 heavy (non-hydrogen) atoms. The van der Waals surface area contributed by atoms with Gasteiger partial charge in [0.15, 0.2) is 0 Å². The number of sulfonamides is 1. The molecule has 0 spiro atoms. The zero-order chi connectivity index (χ0) is 17.2. The van der Waals surface area contributed by atoms with E-state index in [1.807, 2.05) is 30.3 Å². The van der Waals surface area contributed by atoms with Crippen molar-refractivity contribution >= 4 is 43.6 Å². The van der Waals surface area contributed by atoms with Crippen LogP contribution in [0.5, 0.6) is 5.75 Å². The van der Waals surface area contributed by atoms with Crippen LogP contribution in [0, 0.1) is 0 Å². The highest BCUT2D eigenvalue weighted by Gasteiger charge is 2.15. The van der Waals surface area contributed by atoms with Gasteiger partial charge in [-0.25, -0.2) is 23.3 Å². The van der Waals surface area contributed by atoms with Crippen LogP contribution in [0.4, 0.5) is 0 Å². The minimum absolute atomic E-state index is 0.176. The molecule has 1 heterocycles. The van der Waals surface area contributed by atoms with Gasteiger partial charge in [-0.2, -0.15) is 0 Å². The third-order valence-corrected chi connectivity index (χ3v) is 5.37. The van der Waals surface area contributed by atoms with E-state index in [1.165, 1.54) is 12.1 Å². The van der Waals surface area contributed by atoms with E-state index in [0.717, 1.165) is 16.9 Å². The summed E-state index contributed by atoms with van der Waals surface area (Å²) in [5.74, 6) is -0.267. The number of nitrogens with two attached hydrogens (primary N) is 1. The van der Waals surface area contributed by atoms with Crippen molar-refractivity contribution in [3.8, 4) is 5.75 Å². The molecular formula is C16H12N2O4S2. The smallest absolute Gasteiger partial charge is 0.336 e. The molecule has 0 saturated carbocycles. The lowest BCUT2D eigenvalue weighted by molar-refractivity contribution is -0.128. The minimum atomic E-state index is -3.85. The number of carbonyl (C=O) groups is 1. The van der Waals surface area contributed by atoms with Crippen molar-refractivity contribution in [1.29, 1.82) is 0 Å². The van der Waals surface area contributed by atoms with E-state index < -0.39 is 16.0 Å². The maximum Gasteiger partial charge on any atom is 0.336 e. The standard InChI is InChI=1S/C16H12N2O4S2/c17-24(20,21)16-18-13-10-12(7-8-14(13)23-16)22-15(19)9-6-11-4-2-1-3-5-11/h1-10H,(H2,17,20,21)/b9-6+. The van der Waals surface area contributed by atoms with Crippen LogP contribution >= 0.6 is 11.3 Å². The molecule has 2 aromatic carbocycles. The Bertz CT molecular complexity index is 1020. The topological polar surface area (TPSA) is 99.4 Å². The summed E-state index contributed by atoms with van der Waals surface area (Å²) in [6.07, 6.45) is 2.96. The predicted molar refractivity (Wildman–Crippen MR) is 92.1 cm³/mol. The highest BCUT2D eigenvalue weighted by atomic mass is 32.2. The zero-order valence-corrected chi connectivity index (χ0v) is 13.9. The third-order valence-electron chi connectivity index (χ3n) is 3.01. The first-order chi connectivity index (χ1) is 11.4. The highest BCUT2D eigenvalue weighted by Crippen LogP contribution is 2.27. The average Bonchev–Trinajstić information content (AvgIpc) is 2.97. The first-order valence-corrected chi connectivity index (χ1v) is 9.16. The quantitative estimate of drug-likeness (QED) is 0.438. The molecule has 0 aliphatic carbocycles. The summed E-state index contributed by atoms with van der Waals surface area (Å²) < 4.78 is 28.3. The fourth-order valence-corrected chi connectivity index (χ4v) is 3.59. The Morgan fingerprint density at radius 2 is 1.92 bits per heavy atom. The summed E-state index contributed by atoms with van der Waals surface area (Å²) in [4.78, 5) is 15.8. The summed E-state index contributed by atoms with van der Waals surface area (Å²) >= 11 is 0.961. The Morgan fingerprint density at radius 1 is 1.17 bits per heavy atom. The fraction of sp³-hybridized carbons (Fsp3) is 0. The van der Waals surface area contributed by atoms with E-state index >= 15 is 0 Å². The Balaban J connectivity index is 1.77. The number of benzene rings is 2. The van der Waals surface area contributed by atoms with Crippen molar-refractivity contribution in [3.63, 3.8) is 0 Å². The van der Waals surface area contributed by atoms with Crippen LogP contribution in [0.3, 0.4) is 0 Å². The molecule has 1 aromatic heterocycles. The maximum atomic E-state index is 11.8. The normalized spacial score (nSPS) is 11.9. The summed E-state index contributed by atoms with van der Waals surface area (Å²) in [7, 11) is -3.85. The number of carbonyl (C=O) groups excluding carboxylic acids is 1. The first kappa shape index (κ1) is 16.3. The van der Waals surface area contributed by atoms with E-state index in [-0.39, 0.29) is 10.1 Å². The van der Waals surface area contributed by atoms with Gasteiger partial charge in [0.05, 0.1) is 10.2 Å². The lowest BCUT2D eigenvalue weighted by Gasteiger charge is -2.00.